The summed E-state index contributed by atoms with van der Waals surface area (Å²) in [6.45, 7) is 4.00. The van der Waals surface area contributed by atoms with E-state index in [0.717, 1.165) is 6.42 Å². The quantitative estimate of drug-likeness (QED) is 0.642. The van der Waals surface area contributed by atoms with Crippen LogP contribution in [0.4, 0.5) is 5.82 Å². The Morgan fingerprint density at radius 3 is 2.82 bits per heavy atom. The lowest BCUT2D eigenvalue weighted by molar-refractivity contribution is 0.198. The lowest BCUT2D eigenvalue weighted by atomic mass is 10.4. The third-order valence-corrected chi connectivity index (χ3v) is 3.51. The Morgan fingerprint density at radius 1 is 1.65 bits per heavy atom. The summed E-state index contributed by atoms with van der Waals surface area (Å²) < 4.78 is 27.4. The standard InChI is InChI=1S/C9H18N4O3S/c1-3-4-13-6-8(9(10)12-13)17(15,16)11-5-7(2)14/h6-7,11,14H,3-5H2,1-2H3,(H2,10,12)/t7-/m0/s1. The molecule has 7 nitrogen and oxygen atoms in total. The minimum atomic E-state index is -3.70. The number of aliphatic hydroxyl groups excluding tert-OH is 1. The third-order valence-electron chi connectivity index (χ3n) is 2.07. The molecule has 1 aromatic rings. The molecule has 0 aromatic carbocycles. The summed E-state index contributed by atoms with van der Waals surface area (Å²) >= 11 is 0. The molecule has 1 atom stereocenters. The molecule has 0 bridgehead atoms. The fourth-order valence-electron chi connectivity index (χ4n) is 1.28. The molecule has 0 spiro atoms. The molecule has 8 heteroatoms. The molecule has 0 amide bonds. The molecule has 0 aliphatic carbocycles. The molecule has 4 N–H and O–H groups in total. The first-order chi connectivity index (χ1) is 7.86. The highest BCUT2D eigenvalue weighted by atomic mass is 32.2. The maximum atomic E-state index is 11.8. The lowest BCUT2D eigenvalue weighted by Gasteiger charge is -2.06. The van der Waals surface area contributed by atoms with Gasteiger partial charge in [-0.2, -0.15) is 5.10 Å². The van der Waals surface area contributed by atoms with Crippen molar-refractivity contribution in [2.24, 2.45) is 0 Å². The predicted molar refractivity (Wildman–Crippen MR) is 63.8 cm³/mol. The van der Waals surface area contributed by atoms with Crippen molar-refractivity contribution in [2.75, 3.05) is 12.3 Å². The number of sulfonamides is 1. The minimum absolute atomic E-state index is 0.0310. The van der Waals surface area contributed by atoms with Gasteiger partial charge in [0.15, 0.2) is 5.82 Å². The maximum absolute atomic E-state index is 11.8. The Morgan fingerprint density at radius 2 is 2.29 bits per heavy atom. The summed E-state index contributed by atoms with van der Waals surface area (Å²) in [4.78, 5) is -0.0494. The van der Waals surface area contributed by atoms with E-state index in [1.807, 2.05) is 6.92 Å². The number of aliphatic hydroxyl groups is 1. The van der Waals surface area contributed by atoms with Gasteiger partial charge < -0.3 is 10.8 Å². The SMILES string of the molecule is CCCn1cc(S(=O)(=O)NC[C@H](C)O)c(N)n1. The maximum Gasteiger partial charge on any atom is 0.245 e. The first-order valence-electron chi connectivity index (χ1n) is 5.37. The van der Waals surface area contributed by atoms with E-state index in [0.29, 0.717) is 6.54 Å². The van der Waals surface area contributed by atoms with Crippen LogP contribution in [0.2, 0.25) is 0 Å². The Kier molecular flexibility index (Phi) is 4.49. The topological polar surface area (TPSA) is 110 Å². The Labute approximate surface area is 101 Å². The van der Waals surface area contributed by atoms with Crippen molar-refractivity contribution in [3.8, 4) is 0 Å². The van der Waals surface area contributed by atoms with Crippen LogP contribution in [0, 0.1) is 0 Å². The molecule has 17 heavy (non-hydrogen) atoms. The van der Waals surface area contributed by atoms with E-state index in [-0.39, 0.29) is 17.3 Å². The van der Waals surface area contributed by atoms with Crippen LogP contribution in [0.25, 0.3) is 0 Å². The van der Waals surface area contributed by atoms with Crippen molar-refractivity contribution in [3.63, 3.8) is 0 Å². The van der Waals surface area contributed by atoms with Crippen LogP contribution < -0.4 is 10.5 Å². The molecule has 0 aliphatic heterocycles. The van der Waals surface area contributed by atoms with E-state index in [4.69, 9.17) is 10.8 Å². The van der Waals surface area contributed by atoms with Crippen LogP contribution in [0.5, 0.6) is 0 Å². The zero-order valence-corrected chi connectivity index (χ0v) is 10.7. The second-order valence-electron chi connectivity index (χ2n) is 3.84. The molecule has 0 radical (unpaired) electrons. The van der Waals surface area contributed by atoms with Crippen LogP contribution in [0.1, 0.15) is 20.3 Å². The van der Waals surface area contributed by atoms with E-state index >= 15 is 0 Å². The number of aromatic nitrogens is 2. The Bertz CT molecular complexity index is 467. The molecule has 98 valence electrons. The van der Waals surface area contributed by atoms with Gasteiger partial charge >= 0.3 is 0 Å². The van der Waals surface area contributed by atoms with Crippen molar-refractivity contribution in [1.82, 2.24) is 14.5 Å². The fourth-order valence-corrected chi connectivity index (χ4v) is 2.47. The van der Waals surface area contributed by atoms with Gasteiger partial charge in [-0.25, -0.2) is 13.1 Å². The van der Waals surface area contributed by atoms with Gasteiger partial charge in [-0.15, -0.1) is 0 Å². The van der Waals surface area contributed by atoms with Crippen LogP contribution >= 0.6 is 0 Å². The van der Waals surface area contributed by atoms with Crippen LogP contribution in [0.15, 0.2) is 11.1 Å². The summed E-state index contributed by atoms with van der Waals surface area (Å²) in [5, 5.41) is 12.9. The number of nitrogen functional groups attached to an aromatic ring is 1. The van der Waals surface area contributed by atoms with Crippen molar-refractivity contribution >= 4 is 15.8 Å². The summed E-state index contributed by atoms with van der Waals surface area (Å²) in [5.41, 5.74) is 5.55. The number of anilines is 1. The second kappa shape index (κ2) is 5.48. The van der Waals surface area contributed by atoms with Gasteiger partial charge in [0.05, 0.1) is 6.10 Å². The average molecular weight is 262 g/mol. The molecule has 1 aromatic heterocycles. The molecule has 0 saturated heterocycles. The van der Waals surface area contributed by atoms with E-state index < -0.39 is 16.1 Å². The highest BCUT2D eigenvalue weighted by Crippen LogP contribution is 2.15. The van der Waals surface area contributed by atoms with Gasteiger partial charge in [0.25, 0.3) is 0 Å². The molecule has 0 aliphatic rings. The van der Waals surface area contributed by atoms with E-state index in [1.165, 1.54) is 17.8 Å². The predicted octanol–water partition coefficient (Wildman–Crippen LogP) is -0.466. The van der Waals surface area contributed by atoms with E-state index in [2.05, 4.69) is 9.82 Å². The number of nitrogens with one attached hydrogen (secondary N) is 1. The number of nitrogens with two attached hydrogens (primary N) is 1. The number of hydrogen-bond donors (Lipinski definition) is 3. The molecule has 1 rings (SSSR count). The number of nitrogens with zero attached hydrogens (tertiary/aromatic N) is 2. The summed E-state index contributed by atoms with van der Waals surface area (Å²) in [5.74, 6) is -0.0310. The molecule has 1 heterocycles. The Hall–Kier alpha value is -1.12. The van der Waals surface area contributed by atoms with Crippen LogP contribution in [0.3, 0.4) is 0 Å². The van der Waals surface area contributed by atoms with Crippen molar-refractivity contribution in [1.29, 1.82) is 0 Å². The normalized spacial score (nSPS) is 13.8. The van der Waals surface area contributed by atoms with Crippen LogP contribution in [-0.2, 0) is 16.6 Å². The highest BCUT2D eigenvalue weighted by Gasteiger charge is 2.21. The number of aryl methyl sites for hydroxylation is 1. The van der Waals surface area contributed by atoms with Gasteiger partial charge in [-0.05, 0) is 13.3 Å². The Balaban J connectivity index is 2.90. The van der Waals surface area contributed by atoms with Crippen molar-refractivity contribution < 1.29 is 13.5 Å². The minimum Gasteiger partial charge on any atom is -0.392 e. The lowest BCUT2D eigenvalue weighted by Crippen LogP contribution is -2.30. The average Bonchev–Trinajstić information content (AvgIpc) is 2.58. The van der Waals surface area contributed by atoms with Gasteiger partial charge in [-0.3, -0.25) is 4.68 Å². The van der Waals surface area contributed by atoms with Crippen molar-refractivity contribution in [3.05, 3.63) is 6.20 Å². The first kappa shape index (κ1) is 13.9. The third kappa shape index (κ3) is 3.69. The van der Waals surface area contributed by atoms with Gasteiger partial charge in [0, 0.05) is 19.3 Å². The molecule has 0 unspecified atom stereocenters. The highest BCUT2D eigenvalue weighted by molar-refractivity contribution is 7.89. The summed E-state index contributed by atoms with van der Waals surface area (Å²) in [6.07, 6.45) is 1.47. The second-order valence-corrected chi connectivity index (χ2v) is 5.58. The van der Waals surface area contributed by atoms with E-state index in [1.54, 1.807) is 0 Å². The van der Waals surface area contributed by atoms with Gasteiger partial charge in [-0.1, -0.05) is 6.92 Å². The largest absolute Gasteiger partial charge is 0.392 e. The summed E-state index contributed by atoms with van der Waals surface area (Å²) in [7, 11) is -3.70. The first-order valence-corrected chi connectivity index (χ1v) is 6.85. The molecule has 0 fully saturated rings. The fraction of sp³-hybridized carbons (Fsp3) is 0.667. The number of hydrogen-bond acceptors (Lipinski definition) is 5. The van der Waals surface area contributed by atoms with Crippen molar-refractivity contribution in [2.45, 2.75) is 37.8 Å². The van der Waals surface area contributed by atoms with E-state index in [9.17, 15) is 8.42 Å². The zero-order valence-electron chi connectivity index (χ0n) is 9.92. The smallest absolute Gasteiger partial charge is 0.245 e. The van der Waals surface area contributed by atoms with Gasteiger partial charge in [0.1, 0.15) is 4.90 Å². The molecule has 0 saturated carbocycles. The molecular formula is C9H18N4O3S. The van der Waals surface area contributed by atoms with Gasteiger partial charge in [0.2, 0.25) is 10.0 Å². The van der Waals surface area contributed by atoms with Crippen LogP contribution in [-0.4, -0.2) is 36.0 Å². The monoisotopic (exact) mass is 262 g/mol. The summed E-state index contributed by atoms with van der Waals surface area (Å²) in [6, 6.07) is 0. The molecular weight excluding hydrogens is 244 g/mol. The number of rotatable bonds is 6. The zero-order chi connectivity index (χ0) is 13.1.